The first-order valence-corrected chi connectivity index (χ1v) is 8.84. The van der Waals surface area contributed by atoms with E-state index in [-0.39, 0.29) is 5.91 Å². The van der Waals surface area contributed by atoms with Crippen LogP contribution >= 0.6 is 11.3 Å². The molecule has 0 unspecified atom stereocenters. The molecule has 0 atom stereocenters. The van der Waals surface area contributed by atoms with Crippen LogP contribution in [0, 0.1) is 20.8 Å². The maximum Gasteiger partial charge on any atom is 0.261 e. The minimum Gasteiger partial charge on any atom is -0.362 e. The molecule has 0 aliphatic rings. The van der Waals surface area contributed by atoms with Gasteiger partial charge in [0.15, 0.2) is 0 Å². The van der Waals surface area contributed by atoms with Crippen molar-refractivity contribution in [3.63, 3.8) is 0 Å². The number of hydrogen-bond acceptors (Lipinski definition) is 6. The third-order valence-electron chi connectivity index (χ3n) is 4.02. The van der Waals surface area contributed by atoms with Gasteiger partial charge < -0.3 is 10.2 Å². The molecule has 0 spiro atoms. The Hall–Kier alpha value is -2.54. The van der Waals surface area contributed by atoms with E-state index in [0.717, 1.165) is 38.7 Å². The number of hydrogen-bond donors (Lipinski definition) is 1. The molecule has 3 aromatic rings. The quantitative estimate of drug-likeness (QED) is 0.779. The van der Waals surface area contributed by atoms with Crippen molar-refractivity contribution < 1.29 is 4.79 Å². The molecule has 7 heteroatoms. The molecule has 0 saturated heterocycles. The van der Waals surface area contributed by atoms with E-state index in [1.807, 2.05) is 51.9 Å². The van der Waals surface area contributed by atoms with Gasteiger partial charge in [0, 0.05) is 43.5 Å². The van der Waals surface area contributed by atoms with Crippen molar-refractivity contribution in [2.24, 2.45) is 0 Å². The summed E-state index contributed by atoms with van der Waals surface area (Å²) in [6.07, 6.45) is 1.75. The van der Waals surface area contributed by atoms with E-state index in [9.17, 15) is 4.79 Å². The van der Waals surface area contributed by atoms with Crippen LogP contribution in [0.4, 0.5) is 5.82 Å². The highest BCUT2D eigenvalue weighted by molar-refractivity contribution is 7.20. The number of thiophene rings is 1. The number of nitrogens with zero attached hydrogens (tertiary/aromatic N) is 4. The van der Waals surface area contributed by atoms with Crippen molar-refractivity contribution in [1.29, 1.82) is 0 Å². The van der Waals surface area contributed by atoms with Crippen LogP contribution in [-0.4, -0.2) is 35.0 Å². The highest BCUT2D eigenvalue weighted by atomic mass is 32.1. The number of anilines is 1. The largest absolute Gasteiger partial charge is 0.362 e. The Bertz CT molecular complexity index is 948. The maximum atomic E-state index is 12.7. The SMILES string of the molecule is Cc1nc(C)c2c(C)c(C(=O)NCc3cccnc3N(C)C)sc2n1. The first kappa shape index (κ1) is 17.3. The average Bonchev–Trinajstić information content (AvgIpc) is 2.89. The molecule has 1 N–H and O–H groups in total. The van der Waals surface area contributed by atoms with Gasteiger partial charge in [0.1, 0.15) is 16.5 Å². The standard InChI is InChI=1S/C18H21N5OS/c1-10-14-11(2)21-12(3)22-18(14)25-15(10)17(24)20-9-13-7-6-8-19-16(13)23(4)5/h6-8H,9H2,1-5H3,(H,20,24). The molecule has 0 aromatic carbocycles. The topological polar surface area (TPSA) is 71.0 Å². The summed E-state index contributed by atoms with van der Waals surface area (Å²) in [5.74, 6) is 1.49. The van der Waals surface area contributed by atoms with E-state index in [2.05, 4.69) is 20.3 Å². The minimum atomic E-state index is -0.0916. The second kappa shape index (κ2) is 6.76. The maximum absolute atomic E-state index is 12.7. The van der Waals surface area contributed by atoms with Crippen LogP contribution in [0.15, 0.2) is 18.3 Å². The average molecular weight is 355 g/mol. The molecule has 6 nitrogen and oxygen atoms in total. The van der Waals surface area contributed by atoms with Crippen LogP contribution in [0.25, 0.3) is 10.2 Å². The molecule has 0 saturated carbocycles. The van der Waals surface area contributed by atoms with Gasteiger partial charge in [0.05, 0.1) is 4.88 Å². The molecule has 3 rings (SSSR count). The summed E-state index contributed by atoms with van der Waals surface area (Å²) < 4.78 is 0. The smallest absolute Gasteiger partial charge is 0.261 e. The van der Waals surface area contributed by atoms with Gasteiger partial charge in [-0.25, -0.2) is 15.0 Å². The van der Waals surface area contributed by atoms with Gasteiger partial charge in [-0.1, -0.05) is 6.07 Å². The Morgan fingerprint density at radius 1 is 1.24 bits per heavy atom. The lowest BCUT2D eigenvalue weighted by Gasteiger charge is -2.16. The fraction of sp³-hybridized carbons (Fsp3) is 0.333. The van der Waals surface area contributed by atoms with Crippen molar-refractivity contribution in [2.75, 3.05) is 19.0 Å². The Morgan fingerprint density at radius 3 is 2.72 bits per heavy atom. The molecule has 1 amide bonds. The number of nitrogens with one attached hydrogen (secondary N) is 1. The molecule has 0 aliphatic heterocycles. The Morgan fingerprint density at radius 2 is 2.00 bits per heavy atom. The molecule has 25 heavy (non-hydrogen) atoms. The van der Waals surface area contributed by atoms with Gasteiger partial charge in [-0.15, -0.1) is 11.3 Å². The van der Waals surface area contributed by atoms with Crippen molar-refractivity contribution in [2.45, 2.75) is 27.3 Å². The first-order valence-electron chi connectivity index (χ1n) is 8.02. The van der Waals surface area contributed by atoms with Crippen molar-refractivity contribution in [3.05, 3.63) is 45.9 Å². The molecular formula is C18H21N5OS. The molecule has 0 aliphatic carbocycles. The highest BCUT2D eigenvalue weighted by Gasteiger charge is 2.19. The molecular weight excluding hydrogens is 334 g/mol. The zero-order valence-electron chi connectivity index (χ0n) is 15.0. The van der Waals surface area contributed by atoms with Gasteiger partial charge in [-0.3, -0.25) is 4.79 Å². The predicted octanol–water partition coefficient (Wildman–Crippen LogP) is 3.01. The normalized spacial score (nSPS) is 10.9. The third-order valence-corrected chi connectivity index (χ3v) is 5.20. The Balaban J connectivity index is 1.86. The predicted molar refractivity (Wildman–Crippen MR) is 101 cm³/mol. The number of aryl methyl sites for hydroxylation is 3. The van der Waals surface area contributed by atoms with Gasteiger partial charge >= 0.3 is 0 Å². The van der Waals surface area contributed by atoms with E-state index in [1.54, 1.807) is 6.20 Å². The monoisotopic (exact) mass is 355 g/mol. The summed E-state index contributed by atoms with van der Waals surface area (Å²) in [7, 11) is 3.88. The summed E-state index contributed by atoms with van der Waals surface area (Å²) >= 11 is 1.42. The molecule has 0 bridgehead atoms. The summed E-state index contributed by atoms with van der Waals surface area (Å²) in [6, 6.07) is 3.85. The summed E-state index contributed by atoms with van der Waals surface area (Å²) in [6.45, 7) is 6.20. The van der Waals surface area contributed by atoms with Gasteiger partial charge in [-0.2, -0.15) is 0 Å². The van der Waals surface area contributed by atoms with Crippen molar-refractivity contribution >= 4 is 33.3 Å². The Kier molecular flexibility index (Phi) is 4.67. The number of aromatic nitrogens is 3. The van der Waals surface area contributed by atoms with Crippen LogP contribution in [-0.2, 0) is 6.54 Å². The molecule has 0 radical (unpaired) electrons. The number of rotatable bonds is 4. The van der Waals surface area contributed by atoms with Crippen LogP contribution in [0.3, 0.4) is 0 Å². The number of pyridine rings is 1. The summed E-state index contributed by atoms with van der Waals surface area (Å²) in [5.41, 5.74) is 2.83. The third kappa shape index (κ3) is 3.32. The number of fused-ring (bicyclic) bond motifs is 1. The van der Waals surface area contributed by atoms with Gasteiger partial charge in [0.25, 0.3) is 5.91 Å². The molecule has 3 aromatic heterocycles. The fourth-order valence-electron chi connectivity index (χ4n) is 2.92. The number of amides is 1. The van der Waals surface area contributed by atoms with E-state index in [0.29, 0.717) is 11.4 Å². The minimum absolute atomic E-state index is 0.0916. The second-order valence-electron chi connectivity index (χ2n) is 6.16. The summed E-state index contributed by atoms with van der Waals surface area (Å²) in [4.78, 5) is 29.4. The van der Waals surface area contributed by atoms with E-state index in [1.165, 1.54) is 11.3 Å². The summed E-state index contributed by atoms with van der Waals surface area (Å²) in [5, 5.41) is 3.99. The lowest BCUT2D eigenvalue weighted by atomic mass is 10.1. The lowest BCUT2D eigenvalue weighted by Crippen LogP contribution is -2.24. The zero-order chi connectivity index (χ0) is 18.1. The number of carbonyl (C=O) groups is 1. The second-order valence-corrected chi connectivity index (χ2v) is 7.15. The lowest BCUT2D eigenvalue weighted by molar-refractivity contribution is 0.0954. The van der Waals surface area contributed by atoms with Crippen molar-refractivity contribution in [3.8, 4) is 0 Å². The van der Waals surface area contributed by atoms with Gasteiger partial charge in [-0.05, 0) is 32.4 Å². The highest BCUT2D eigenvalue weighted by Crippen LogP contribution is 2.31. The van der Waals surface area contributed by atoms with Gasteiger partial charge in [0.2, 0.25) is 0 Å². The fourth-order valence-corrected chi connectivity index (χ4v) is 4.11. The van der Waals surface area contributed by atoms with Crippen LogP contribution in [0.2, 0.25) is 0 Å². The molecule has 0 fully saturated rings. The van der Waals surface area contributed by atoms with E-state index in [4.69, 9.17) is 0 Å². The first-order chi connectivity index (χ1) is 11.9. The van der Waals surface area contributed by atoms with E-state index >= 15 is 0 Å². The number of carbonyl (C=O) groups excluding carboxylic acids is 1. The van der Waals surface area contributed by atoms with Crippen LogP contribution < -0.4 is 10.2 Å². The van der Waals surface area contributed by atoms with E-state index < -0.39 is 0 Å². The Labute approximate surface area is 150 Å². The molecule has 130 valence electrons. The van der Waals surface area contributed by atoms with Crippen molar-refractivity contribution in [1.82, 2.24) is 20.3 Å². The zero-order valence-corrected chi connectivity index (χ0v) is 15.9. The van der Waals surface area contributed by atoms with Crippen LogP contribution in [0.1, 0.15) is 32.3 Å². The van der Waals surface area contributed by atoms with Crippen LogP contribution in [0.5, 0.6) is 0 Å². The molecule has 3 heterocycles.